The summed E-state index contributed by atoms with van der Waals surface area (Å²) >= 11 is 0. The van der Waals surface area contributed by atoms with E-state index in [1.165, 1.54) is 10.9 Å². The second kappa shape index (κ2) is 7.54. The van der Waals surface area contributed by atoms with E-state index < -0.39 is 0 Å². The van der Waals surface area contributed by atoms with E-state index in [1.54, 1.807) is 0 Å². The third-order valence-electron chi connectivity index (χ3n) is 6.79. The lowest BCUT2D eigenvalue weighted by Crippen LogP contribution is -2.49. The molecule has 0 unspecified atom stereocenters. The van der Waals surface area contributed by atoms with Crippen LogP contribution >= 0.6 is 0 Å². The quantitative estimate of drug-likeness (QED) is 0.549. The maximum atomic E-state index is 13.1. The number of para-hydroxylation sites is 1. The molecule has 6 heteroatoms. The van der Waals surface area contributed by atoms with Crippen molar-refractivity contribution in [2.24, 2.45) is 18.7 Å². The van der Waals surface area contributed by atoms with E-state index in [0.29, 0.717) is 18.0 Å². The van der Waals surface area contributed by atoms with Gasteiger partial charge in [0.1, 0.15) is 0 Å². The molecule has 31 heavy (non-hydrogen) atoms. The highest BCUT2D eigenvalue weighted by molar-refractivity contribution is 5.98. The second-order valence-corrected chi connectivity index (χ2v) is 8.71. The first kappa shape index (κ1) is 19.8. The molecule has 0 bridgehead atoms. The van der Waals surface area contributed by atoms with E-state index in [0.717, 1.165) is 42.1 Å². The summed E-state index contributed by atoms with van der Waals surface area (Å²) in [7, 11) is 2.04. The maximum absolute atomic E-state index is 13.1. The number of hydrogen-bond donors (Lipinski definition) is 1. The van der Waals surface area contributed by atoms with Crippen LogP contribution in [-0.4, -0.2) is 44.1 Å². The number of amides is 1. The van der Waals surface area contributed by atoms with Crippen LogP contribution in [0.25, 0.3) is 33.5 Å². The van der Waals surface area contributed by atoms with E-state index >= 15 is 0 Å². The summed E-state index contributed by atoms with van der Waals surface area (Å²) < 4.78 is 4.40. The molecule has 1 fully saturated rings. The number of imidazole rings is 1. The molecule has 0 radical (unpaired) electrons. The fourth-order valence-corrected chi connectivity index (χ4v) is 4.76. The third-order valence-corrected chi connectivity index (χ3v) is 6.79. The summed E-state index contributed by atoms with van der Waals surface area (Å²) in [5, 5.41) is 1.21. The van der Waals surface area contributed by atoms with Gasteiger partial charge in [0, 0.05) is 49.2 Å². The zero-order valence-electron chi connectivity index (χ0n) is 18.4. The first-order valence-corrected chi connectivity index (χ1v) is 11.1. The minimum absolute atomic E-state index is 0.0406. The Morgan fingerprint density at radius 2 is 1.97 bits per heavy atom. The largest absolute Gasteiger partial charge is 0.338 e. The molecular formula is C25H29N5O. The van der Waals surface area contributed by atoms with Gasteiger partial charge in [0.15, 0.2) is 5.82 Å². The molecule has 4 aromatic rings. The lowest BCUT2D eigenvalue weighted by atomic mass is 9.94. The lowest BCUT2D eigenvalue weighted by Gasteiger charge is -2.35. The SMILES string of the molecule is CCn1c(-c2nc3cc(C(=O)N4CC[C@H](C)[C@@H](N)C4)ccc3n2C)cc2ccccc21. The van der Waals surface area contributed by atoms with Gasteiger partial charge in [0.25, 0.3) is 5.91 Å². The van der Waals surface area contributed by atoms with Crippen molar-refractivity contribution < 1.29 is 4.79 Å². The Morgan fingerprint density at radius 1 is 1.16 bits per heavy atom. The zero-order chi connectivity index (χ0) is 21.7. The average molecular weight is 416 g/mol. The molecule has 6 nitrogen and oxygen atoms in total. The van der Waals surface area contributed by atoms with Crippen LogP contribution in [0, 0.1) is 5.92 Å². The summed E-state index contributed by atoms with van der Waals surface area (Å²) in [6, 6.07) is 16.5. The van der Waals surface area contributed by atoms with Crippen LogP contribution < -0.4 is 5.73 Å². The number of aryl methyl sites for hydroxylation is 2. The summed E-state index contributed by atoms with van der Waals surface area (Å²) in [5.74, 6) is 1.40. The number of likely N-dealkylation sites (tertiary alicyclic amines) is 1. The topological polar surface area (TPSA) is 69.1 Å². The van der Waals surface area contributed by atoms with Crippen molar-refractivity contribution in [1.29, 1.82) is 0 Å². The van der Waals surface area contributed by atoms with Gasteiger partial charge in [0.2, 0.25) is 0 Å². The highest BCUT2D eigenvalue weighted by Gasteiger charge is 2.27. The molecule has 3 heterocycles. The summed E-state index contributed by atoms with van der Waals surface area (Å²) in [6.07, 6.45) is 0.949. The van der Waals surface area contributed by atoms with Crippen molar-refractivity contribution in [3.8, 4) is 11.5 Å². The fourth-order valence-electron chi connectivity index (χ4n) is 4.76. The molecule has 1 aliphatic rings. The van der Waals surface area contributed by atoms with Gasteiger partial charge in [-0.05, 0) is 49.6 Å². The van der Waals surface area contributed by atoms with Crippen LogP contribution in [-0.2, 0) is 13.6 Å². The van der Waals surface area contributed by atoms with Crippen LogP contribution in [0.4, 0.5) is 0 Å². The van der Waals surface area contributed by atoms with Crippen molar-refractivity contribution in [3.63, 3.8) is 0 Å². The number of piperidine rings is 1. The van der Waals surface area contributed by atoms with Gasteiger partial charge in [-0.3, -0.25) is 4.79 Å². The smallest absolute Gasteiger partial charge is 0.253 e. The molecule has 0 spiro atoms. The van der Waals surface area contributed by atoms with E-state index in [4.69, 9.17) is 10.7 Å². The molecular weight excluding hydrogens is 386 g/mol. The summed E-state index contributed by atoms with van der Waals surface area (Å²) in [4.78, 5) is 19.9. The first-order valence-electron chi connectivity index (χ1n) is 11.1. The van der Waals surface area contributed by atoms with E-state index in [9.17, 15) is 4.79 Å². The average Bonchev–Trinajstić information content (AvgIpc) is 3.32. The minimum atomic E-state index is 0.0406. The molecule has 0 aliphatic carbocycles. The molecule has 5 rings (SSSR count). The molecule has 160 valence electrons. The lowest BCUT2D eigenvalue weighted by molar-refractivity contribution is 0.0672. The highest BCUT2D eigenvalue weighted by atomic mass is 16.2. The van der Waals surface area contributed by atoms with Crippen LogP contribution in [0.15, 0.2) is 48.5 Å². The molecule has 2 N–H and O–H groups in total. The summed E-state index contributed by atoms with van der Waals surface area (Å²) in [5.41, 5.74) is 11.0. The monoisotopic (exact) mass is 415 g/mol. The third kappa shape index (κ3) is 3.22. The fraction of sp³-hybridized carbons (Fsp3) is 0.360. The number of hydrogen-bond acceptors (Lipinski definition) is 3. The first-order chi connectivity index (χ1) is 15.0. The Hall–Kier alpha value is -3.12. The highest BCUT2D eigenvalue weighted by Crippen LogP contribution is 2.30. The van der Waals surface area contributed by atoms with Gasteiger partial charge >= 0.3 is 0 Å². The Kier molecular flexibility index (Phi) is 4.82. The maximum Gasteiger partial charge on any atom is 0.253 e. The Morgan fingerprint density at radius 3 is 2.74 bits per heavy atom. The van der Waals surface area contributed by atoms with Crippen molar-refractivity contribution in [2.45, 2.75) is 32.9 Å². The molecule has 1 saturated heterocycles. The Labute approximate surface area is 182 Å². The van der Waals surface area contributed by atoms with Gasteiger partial charge < -0.3 is 19.8 Å². The predicted octanol–water partition coefficient (Wildman–Crippen LogP) is 4.02. The van der Waals surface area contributed by atoms with Crippen LogP contribution in [0.2, 0.25) is 0 Å². The van der Waals surface area contributed by atoms with Crippen molar-refractivity contribution in [1.82, 2.24) is 19.0 Å². The number of rotatable bonds is 3. The molecule has 0 saturated carbocycles. The van der Waals surface area contributed by atoms with Crippen molar-refractivity contribution >= 4 is 27.8 Å². The normalized spacial score (nSPS) is 19.4. The number of fused-ring (bicyclic) bond motifs is 2. The van der Waals surface area contributed by atoms with Crippen molar-refractivity contribution in [2.75, 3.05) is 13.1 Å². The van der Waals surface area contributed by atoms with Gasteiger partial charge in [0.05, 0.1) is 16.7 Å². The number of benzene rings is 2. The van der Waals surface area contributed by atoms with Crippen LogP contribution in [0.3, 0.4) is 0 Å². The van der Waals surface area contributed by atoms with E-state index in [1.807, 2.05) is 30.1 Å². The molecule has 2 aromatic carbocycles. The molecule has 1 aliphatic heterocycles. The minimum Gasteiger partial charge on any atom is -0.338 e. The van der Waals surface area contributed by atoms with Crippen LogP contribution in [0.1, 0.15) is 30.6 Å². The van der Waals surface area contributed by atoms with Gasteiger partial charge in [-0.15, -0.1) is 0 Å². The Bertz CT molecular complexity index is 1280. The van der Waals surface area contributed by atoms with Gasteiger partial charge in [-0.2, -0.15) is 0 Å². The van der Waals surface area contributed by atoms with Gasteiger partial charge in [-0.25, -0.2) is 4.98 Å². The van der Waals surface area contributed by atoms with E-state index in [-0.39, 0.29) is 11.9 Å². The number of nitrogens with two attached hydrogens (primary N) is 1. The molecule has 1 amide bonds. The number of carbonyl (C=O) groups is 1. The predicted molar refractivity (Wildman–Crippen MR) is 125 cm³/mol. The zero-order valence-corrected chi connectivity index (χ0v) is 18.4. The molecule has 2 aromatic heterocycles. The van der Waals surface area contributed by atoms with E-state index in [2.05, 4.69) is 53.3 Å². The number of nitrogens with zero attached hydrogens (tertiary/aromatic N) is 4. The Balaban J connectivity index is 1.54. The second-order valence-electron chi connectivity index (χ2n) is 8.71. The number of aromatic nitrogens is 3. The summed E-state index contributed by atoms with van der Waals surface area (Å²) in [6.45, 7) is 6.55. The number of carbonyl (C=O) groups excluding carboxylic acids is 1. The van der Waals surface area contributed by atoms with Gasteiger partial charge in [-0.1, -0.05) is 25.1 Å². The standard InChI is InChI=1S/C25H29N5O/c1-4-30-21-8-6-5-7-17(21)14-23(30)24-27-20-13-18(9-10-22(20)28(24)3)25(31)29-12-11-16(2)19(26)15-29/h5-10,13-14,16,19H,4,11-12,15,26H2,1-3H3/t16-,19-/m0/s1. The molecule has 2 atom stereocenters. The van der Waals surface area contributed by atoms with Crippen LogP contribution in [0.5, 0.6) is 0 Å². The van der Waals surface area contributed by atoms with Crippen molar-refractivity contribution in [3.05, 3.63) is 54.1 Å².